The maximum Gasteiger partial charge on any atom is 0.237 e. The number of hydrogen-bond donors (Lipinski definition) is 1. The van der Waals surface area contributed by atoms with Gasteiger partial charge in [-0.05, 0) is 11.0 Å². The first-order chi connectivity index (χ1) is 17.7. The number of piperidine rings is 1. The summed E-state index contributed by atoms with van der Waals surface area (Å²) in [6.45, 7) is 6.86. The van der Waals surface area contributed by atoms with E-state index in [1.54, 1.807) is 7.05 Å². The summed E-state index contributed by atoms with van der Waals surface area (Å²) in [4.78, 5) is 43.5. The fourth-order valence-electron chi connectivity index (χ4n) is 5.81. The number of Topliss-reactive ketones (excluding diaryl/α,β-unsaturated/α-hetero) is 2. The number of ketones is 2. The number of carbonyl (C=O) groups is 3. The standard InChI is InChI=1S/C32H36N2O3/c1-32(2,3)30(31(37)33-4)34-20-25(28(35)23-16-10-6-11-17-23)27(22-14-8-5-9-15-22)26(21-34)29(36)24-18-12-7-13-19-24/h5-19,25-27,30H,20-21H2,1-4H3,(H,33,37). The fourth-order valence-corrected chi connectivity index (χ4v) is 5.81. The zero-order valence-corrected chi connectivity index (χ0v) is 22.1. The molecule has 1 aliphatic heterocycles. The summed E-state index contributed by atoms with van der Waals surface area (Å²) in [6.07, 6.45) is 0. The van der Waals surface area contributed by atoms with Gasteiger partial charge in [-0.15, -0.1) is 0 Å². The normalized spacial score (nSPS) is 21.1. The Bertz CT molecular complexity index is 1160. The molecule has 1 saturated heterocycles. The lowest BCUT2D eigenvalue weighted by Gasteiger charge is -2.48. The minimum atomic E-state index is -0.495. The number of carbonyl (C=O) groups excluding carboxylic acids is 3. The number of benzene rings is 3. The van der Waals surface area contributed by atoms with Crippen LogP contribution >= 0.6 is 0 Å². The third-order valence-corrected chi connectivity index (χ3v) is 7.38. The van der Waals surface area contributed by atoms with E-state index in [9.17, 15) is 14.4 Å². The largest absolute Gasteiger partial charge is 0.358 e. The number of nitrogens with one attached hydrogen (secondary N) is 1. The van der Waals surface area contributed by atoms with Crippen LogP contribution in [0.1, 0.15) is 53.0 Å². The first kappa shape index (κ1) is 26.5. The quantitative estimate of drug-likeness (QED) is 0.454. The summed E-state index contributed by atoms with van der Waals surface area (Å²) in [5, 5.41) is 2.81. The summed E-state index contributed by atoms with van der Waals surface area (Å²) in [5.74, 6) is -1.42. The zero-order valence-electron chi connectivity index (χ0n) is 22.1. The second-order valence-electron chi connectivity index (χ2n) is 10.9. The van der Waals surface area contributed by atoms with E-state index in [2.05, 4.69) is 10.2 Å². The Morgan fingerprint density at radius 2 is 1.14 bits per heavy atom. The summed E-state index contributed by atoms with van der Waals surface area (Å²) in [6, 6.07) is 27.9. The molecule has 37 heavy (non-hydrogen) atoms. The molecule has 1 aliphatic rings. The van der Waals surface area contributed by atoms with Crippen LogP contribution in [0.2, 0.25) is 0 Å². The van der Waals surface area contributed by atoms with Crippen LogP contribution in [0.4, 0.5) is 0 Å². The second kappa shape index (κ2) is 11.2. The molecule has 0 bridgehead atoms. The minimum absolute atomic E-state index is 0.00502. The lowest BCUT2D eigenvalue weighted by molar-refractivity contribution is -0.131. The maximum absolute atomic E-state index is 14.1. The molecule has 0 saturated carbocycles. The van der Waals surface area contributed by atoms with Gasteiger partial charge in [0.05, 0.1) is 6.04 Å². The van der Waals surface area contributed by atoms with Gasteiger partial charge in [-0.2, -0.15) is 0 Å². The first-order valence-corrected chi connectivity index (χ1v) is 12.9. The van der Waals surface area contributed by atoms with Gasteiger partial charge in [0, 0.05) is 49.0 Å². The van der Waals surface area contributed by atoms with Crippen LogP contribution < -0.4 is 5.32 Å². The molecule has 1 heterocycles. The lowest BCUT2D eigenvalue weighted by Crippen LogP contribution is -2.60. The van der Waals surface area contributed by atoms with E-state index in [0.717, 1.165) is 5.56 Å². The molecule has 192 valence electrons. The Balaban J connectivity index is 1.87. The molecule has 5 heteroatoms. The molecule has 1 N–H and O–H groups in total. The van der Waals surface area contributed by atoms with Crippen molar-refractivity contribution in [3.8, 4) is 0 Å². The van der Waals surface area contributed by atoms with Gasteiger partial charge in [-0.1, -0.05) is 112 Å². The number of likely N-dealkylation sites (tertiary alicyclic amines) is 1. The molecule has 0 radical (unpaired) electrons. The van der Waals surface area contributed by atoms with E-state index in [4.69, 9.17) is 0 Å². The minimum Gasteiger partial charge on any atom is -0.358 e. The average Bonchev–Trinajstić information content (AvgIpc) is 2.92. The molecule has 5 nitrogen and oxygen atoms in total. The molecule has 0 aliphatic carbocycles. The van der Waals surface area contributed by atoms with Crippen LogP contribution in [-0.2, 0) is 4.79 Å². The van der Waals surface area contributed by atoms with E-state index in [-0.39, 0.29) is 23.4 Å². The van der Waals surface area contributed by atoms with Gasteiger partial charge in [0.2, 0.25) is 5.91 Å². The van der Waals surface area contributed by atoms with Crippen molar-refractivity contribution >= 4 is 17.5 Å². The maximum atomic E-state index is 14.1. The molecule has 1 amide bonds. The Labute approximate surface area is 219 Å². The van der Waals surface area contributed by atoms with Crippen molar-refractivity contribution in [2.24, 2.45) is 17.3 Å². The van der Waals surface area contributed by atoms with Crippen molar-refractivity contribution in [1.29, 1.82) is 0 Å². The fraction of sp³-hybridized carbons (Fsp3) is 0.344. The molecule has 3 atom stereocenters. The van der Waals surface area contributed by atoms with Gasteiger partial charge in [-0.25, -0.2) is 0 Å². The predicted molar refractivity (Wildman–Crippen MR) is 147 cm³/mol. The molecular formula is C32H36N2O3. The van der Waals surface area contributed by atoms with Crippen LogP contribution in [0.15, 0.2) is 91.0 Å². The highest BCUT2D eigenvalue weighted by molar-refractivity contribution is 6.02. The SMILES string of the molecule is CNC(=O)C(N1CC(C(=O)c2ccccc2)C(c2ccccc2)C(C(=O)c2ccccc2)C1)C(C)(C)C. The van der Waals surface area contributed by atoms with E-state index < -0.39 is 23.3 Å². The Morgan fingerprint density at radius 1 is 0.730 bits per heavy atom. The van der Waals surface area contributed by atoms with E-state index >= 15 is 0 Å². The third-order valence-electron chi connectivity index (χ3n) is 7.38. The van der Waals surface area contributed by atoms with Crippen molar-refractivity contribution in [1.82, 2.24) is 10.2 Å². The van der Waals surface area contributed by atoms with Crippen molar-refractivity contribution in [2.45, 2.75) is 32.7 Å². The van der Waals surface area contributed by atoms with Crippen LogP contribution in [0.5, 0.6) is 0 Å². The van der Waals surface area contributed by atoms with Crippen LogP contribution in [0.25, 0.3) is 0 Å². The summed E-state index contributed by atoms with van der Waals surface area (Å²) < 4.78 is 0. The Morgan fingerprint density at radius 3 is 1.51 bits per heavy atom. The van der Waals surface area contributed by atoms with Gasteiger partial charge >= 0.3 is 0 Å². The van der Waals surface area contributed by atoms with Gasteiger partial charge in [0.15, 0.2) is 11.6 Å². The van der Waals surface area contributed by atoms with Gasteiger partial charge in [0.25, 0.3) is 0 Å². The highest BCUT2D eigenvalue weighted by Gasteiger charge is 2.49. The van der Waals surface area contributed by atoms with Gasteiger partial charge in [-0.3, -0.25) is 19.3 Å². The van der Waals surface area contributed by atoms with E-state index in [0.29, 0.717) is 24.2 Å². The van der Waals surface area contributed by atoms with Crippen molar-refractivity contribution in [3.63, 3.8) is 0 Å². The lowest BCUT2D eigenvalue weighted by atomic mass is 9.67. The average molecular weight is 497 g/mol. The number of rotatable bonds is 7. The second-order valence-corrected chi connectivity index (χ2v) is 10.9. The summed E-state index contributed by atoms with van der Waals surface area (Å²) in [5.41, 5.74) is 1.81. The topological polar surface area (TPSA) is 66.5 Å². The third kappa shape index (κ3) is 5.72. The van der Waals surface area contributed by atoms with E-state index in [1.165, 1.54) is 0 Å². The molecule has 3 unspecified atom stereocenters. The Kier molecular flexibility index (Phi) is 8.03. The van der Waals surface area contributed by atoms with Crippen molar-refractivity contribution in [2.75, 3.05) is 20.1 Å². The van der Waals surface area contributed by atoms with E-state index in [1.807, 2.05) is 112 Å². The number of likely N-dealkylation sites (N-methyl/N-ethyl adjacent to an activating group) is 1. The van der Waals surface area contributed by atoms with Gasteiger partial charge < -0.3 is 5.32 Å². The summed E-state index contributed by atoms with van der Waals surface area (Å²) >= 11 is 0. The van der Waals surface area contributed by atoms with Crippen molar-refractivity contribution < 1.29 is 14.4 Å². The molecule has 0 aromatic heterocycles. The first-order valence-electron chi connectivity index (χ1n) is 12.9. The molecule has 0 spiro atoms. The van der Waals surface area contributed by atoms with Crippen LogP contribution in [-0.4, -0.2) is 48.6 Å². The number of amides is 1. The number of nitrogens with zero attached hydrogens (tertiary/aromatic N) is 1. The molecule has 4 rings (SSSR count). The highest BCUT2D eigenvalue weighted by atomic mass is 16.2. The summed E-state index contributed by atoms with van der Waals surface area (Å²) in [7, 11) is 1.64. The van der Waals surface area contributed by atoms with Crippen molar-refractivity contribution in [3.05, 3.63) is 108 Å². The monoisotopic (exact) mass is 496 g/mol. The van der Waals surface area contributed by atoms with Crippen LogP contribution in [0.3, 0.4) is 0 Å². The molecular weight excluding hydrogens is 460 g/mol. The number of hydrogen-bond acceptors (Lipinski definition) is 4. The van der Waals surface area contributed by atoms with Crippen LogP contribution in [0, 0.1) is 17.3 Å². The zero-order chi connectivity index (χ0) is 26.6. The predicted octanol–water partition coefficient (Wildman–Crippen LogP) is 5.24. The Hall–Kier alpha value is -3.57. The van der Waals surface area contributed by atoms with Gasteiger partial charge in [0.1, 0.15) is 0 Å². The molecule has 1 fully saturated rings. The molecule has 3 aromatic rings. The molecule has 3 aromatic carbocycles. The smallest absolute Gasteiger partial charge is 0.237 e. The highest BCUT2D eigenvalue weighted by Crippen LogP contribution is 2.43.